The molecule has 0 amide bonds. The van der Waals surface area contributed by atoms with Crippen LogP contribution in [-0.4, -0.2) is 39.7 Å². The summed E-state index contributed by atoms with van der Waals surface area (Å²) in [7, 11) is 3.48. The maximum absolute atomic E-state index is 6.61. The molecule has 5 nitrogen and oxygen atoms in total. The number of nitrogens with zero attached hydrogens (tertiary/aromatic N) is 1. The summed E-state index contributed by atoms with van der Waals surface area (Å²) in [6.07, 6.45) is 6.15. The van der Waals surface area contributed by atoms with Gasteiger partial charge in [0.05, 0.1) is 12.7 Å². The van der Waals surface area contributed by atoms with Crippen LogP contribution in [0.15, 0.2) is 72.8 Å². The quantitative estimate of drug-likeness (QED) is 0.282. The molecule has 0 N–H and O–H groups in total. The molecule has 0 spiro atoms. The lowest BCUT2D eigenvalue weighted by Crippen LogP contribution is -2.39. The normalized spacial score (nSPS) is 22.0. The molecule has 0 radical (unpaired) electrons. The van der Waals surface area contributed by atoms with Gasteiger partial charge in [0.25, 0.3) is 0 Å². The average Bonchev–Trinajstić information content (AvgIpc) is 2.97. The Bertz CT molecular complexity index is 1200. The largest absolute Gasteiger partial charge is 0.489 e. The Kier molecular flexibility index (Phi) is 8.19. The Balaban J connectivity index is 1.19. The smallest absolute Gasteiger partial charge is 0.159 e. The lowest BCUT2D eigenvalue weighted by molar-refractivity contribution is -0.141. The third kappa shape index (κ3) is 5.72. The van der Waals surface area contributed by atoms with Crippen LogP contribution < -0.4 is 9.64 Å². The highest BCUT2D eigenvalue weighted by Crippen LogP contribution is 2.46. The van der Waals surface area contributed by atoms with Gasteiger partial charge in [0, 0.05) is 44.8 Å². The Morgan fingerprint density at radius 1 is 0.872 bits per heavy atom. The van der Waals surface area contributed by atoms with Crippen molar-refractivity contribution in [1.29, 1.82) is 0 Å². The fraction of sp³-hybridized carbons (Fsp3) is 0.471. The summed E-state index contributed by atoms with van der Waals surface area (Å²) in [5.74, 6) is 2.26. The molecule has 5 heteroatoms. The monoisotopic (exact) mass is 527 g/mol. The van der Waals surface area contributed by atoms with Crippen molar-refractivity contribution in [2.75, 3.05) is 32.2 Å². The maximum atomic E-state index is 6.61. The average molecular weight is 528 g/mol. The Morgan fingerprint density at radius 2 is 1.62 bits per heavy atom. The zero-order valence-corrected chi connectivity index (χ0v) is 23.3. The van der Waals surface area contributed by atoms with Crippen molar-refractivity contribution in [2.45, 2.75) is 63.6 Å². The first-order valence-corrected chi connectivity index (χ1v) is 14.5. The fourth-order valence-electron chi connectivity index (χ4n) is 6.65. The summed E-state index contributed by atoms with van der Waals surface area (Å²) in [6.45, 7) is 3.29. The van der Waals surface area contributed by atoms with E-state index in [-0.39, 0.29) is 18.3 Å². The van der Waals surface area contributed by atoms with E-state index in [9.17, 15) is 0 Å². The number of hydrogen-bond donors (Lipinski definition) is 0. The summed E-state index contributed by atoms with van der Waals surface area (Å²) in [6, 6.07) is 26.2. The second-order valence-electron chi connectivity index (χ2n) is 11.3. The summed E-state index contributed by atoms with van der Waals surface area (Å²) in [4.78, 5) is 2.49. The number of piperidine rings is 1. The molecule has 1 aliphatic carbocycles. The van der Waals surface area contributed by atoms with Gasteiger partial charge in [-0.15, -0.1) is 0 Å². The molecular formula is C34H41NO4. The minimum atomic E-state index is -0.103. The van der Waals surface area contributed by atoms with E-state index < -0.39 is 0 Å². The molecule has 206 valence electrons. The van der Waals surface area contributed by atoms with Crippen molar-refractivity contribution in [2.24, 2.45) is 11.8 Å². The van der Waals surface area contributed by atoms with Crippen LogP contribution in [0.4, 0.5) is 5.69 Å². The molecule has 2 fully saturated rings. The number of ether oxygens (including phenoxy) is 4. The highest BCUT2D eigenvalue weighted by molar-refractivity contribution is 5.51. The van der Waals surface area contributed by atoms with Gasteiger partial charge >= 0.3 is 0 Å². The molecule has 3 aromatic carbocycles. The van der Waals surface area contributed by atoms with Crippen LogP contribution >= 0.6 is 0 Å². The summed E-state index contributed by atoms with van der Waals surface area (Å²) in [5.41, 5.74) is 6.46. The predicted octanol–water partition coefficient (Wildman–Crippen LogP) is 6.93. The van der Waals surface area contributed by atoms with E-state index in [1.165, 1.54) is 47.2 Å². The van der Waals surface area contributed by atoms with E-state index in [0.29, 0.717) is 25.0 Å². The number of methoxy groups -OCH3 is 2. The molecule has 2 aliphatic heterocycles. The molecule has 2 atom stereocenters. The number of anilines is 1. The van der Waals surface area contributed by atoms with Gasteiger partial charge < -0.3 is 23.8 Å². The van der Waals surface area contributed by atoms with Crippen molar-refractivity contribution >= 4 is 5.69 Å². The minimum Gasteiger partial charge on any atom is -0.489 e. The predicted molar refractivity (Wildman–Crippen MR) is 154 cm³/mol. The standard InChI is InChI=1S/C34H41NO4/c1-36-34(37-2)27-17-19-35(20-18-27)29-13-11-25(12-14-29)32-31-16-15-30(38-22-24-7-4-3-5-8-24)21-28(31)23-39-33(32)26-9-6-10-26/h3-5,7-8,11-16,21,26-27,32-34H,6,9-10,17-20,22-23H2,1-2H3. The van der Waals surface area contributed by atoms with Gasteiger partial charge in [-0.05, 0) is 78.1 Å². The van der Waals surface area contributed by atoms with Crippen molar-refractivity contribution in [3.63, 3.8) is 0 Å². The Morgan fingerprint density at radius 3 is 2.28 bits per heavy atom. The SMILES string of the molecule is COC(OC)C1CCN(c2ccc(C3c4ccc(OCc5ccccc5)cc4COC3C3CCC3)cc2)CC1. The molecule has 3 aromatic rings. The fourth-order valence-corrected chi connectivity index (χ4v) is 6.65. The number of benzene rings is 3. The second kappa shape index (κ2) is 12.1. The second-order valence-corrected chi connectivity index (χ2v) is 11.3. The number of hydrogen-bond acceptors (Lipinski definition) is 5. The molecule has 1 saturated heterocycles. The minimum absolute atomic E-state index is 0.103. The highest BCUT2D eigenvalue weighted by atomic mass is 16.7. The van der Waals surface area contributed by atoms with Crippen molar-refractivity contribution in [1.82, 2.24) is 0 Å². The molecule has 3 aliphatic rings. The van der Waals surface area contributed by atoms with Gasteiger partial charge in [-0.2, -0.15) is 0 Å². The van der Waals surface area contributed by atoms with Crippen molar-refractivity contribution < 1.29 is 18.9 Å². The van der Waals surface area contributed by atoms with Crippen LogP contribution in [0.5, 0.6) is 5.75 Å². The first-order valence-electron chi connectivity index (χ1n) is 14.5. The molecule has 39 heavy (non-hydrogen) atoms. The molecule has 0 aromatic heterocycles. The lowest BCUT2D eigenvalue weighted by Gasteiger charge is -2.42. The third-order valence-corrected chi connectivity index (χ3v) is 9.08. The molecule has 1 saturated carbocycles. The van der Waals surface area contributed by atoms with Crippen molar-refractivity contribution in [3.05, 3.63) is 95.1 Å². The third-order valence-electron chi connectivity index (χ3n) is 9.08. The molecule has 0 bridgehead atoms. The number of fused-ring (bicyclic) bond motifs is 1. The first-order chi connectivity index (χ1) is 19.2. The van der Waals surface area contributed by atoms with E-state index in [0.717, 1.165) is 31.7 Å². The maximum Gasteiger partial charge on any atom is 0.159 e. The lowest BCUT2D eigenvalue weighted by atomic mass is 9.71. The van der Waals surface area contributed by atoms with Gasteiger partial charge in [0.1, 0.15) is 12.4 Å². The molecule has 6 rings (SSSR count). The van der Waals surface area contributed by atoms with Gasteiger partial charge in [-0.1, -0.05) is 55.0 Å². The summed E-state index contributed by atoms with van der Waals surface area (Å²) >= 11 is 0. The zero-order chi connectivity index (χ0) is 26.6. The molecule has 2 heterocycles. The number of rotatable bonds is 9. The van der Waals surface area contributed by atoms with Crippen LogP contribution in [0, 0.1) is 11.8 Å². The molecule has 2 unspecified atom stereocenters. The topological polar surface area (TPSA) is 40.2 Å². The van der Waals surface area contributed by atoms with Gasteiger partial charge in [0.2, 0.25) is 0 Å². The Labute approximate surface area is 233 Å². The summed E-state index contributed by atoms with van der Waals surface area (Å²) < 4.78 is 23.8. The summed E-state index contributed by atoms with van der Waals surface area (Å²) in [5, 5.41) is 0. The van der Waals surface area contributed by atoms with Crippen LogP contribution in [-0.2, 0) is 27.4 Å². The first kappa shape index (κ1) is 26.4. The van der Waals surface area contributed by atoms with Crippen LogP contribution in [0.2, 0.25) is 0 Å². The van der Waals surface area contributed by atoms with Gasteiger partial charge in [-0.3, -0.25) is 0 Å². The highest BCUT2D eigenvalue weighted by Gasteiger charge is 2.39. The van der Waals surface area contributed by atoms with E-state index in [4.69, 9.17) is 18.9 Å². The van der Waals surface area contributed by atoms with E-state index in [2.05, 4.69) is 71.6 Å². The van der Waals surface area contributed by atoms with E-state index >= 15 is 0 Å². The van der Waals surface area contributed by atoms with E-state index in [1.807, 2.05) is 6.07 Å². The van der Waals surface area contributed by atoms with Gasteiger partial charge in [0.15, 0.2) is 6.29 Å². The van der Waals surface area contributed by atoms with Gasteiger partial charge in [-0.25, -0.2) is 0 Å². The Hall–Kier alpha value is -2.86. The molecular weight excluding hydrogens is 486 g/mol. The van der Waals surface area contributed by atoms with Crippen molar-refractivity contribution in [3.8, 4) is 5.75 Å². The zero-order valence-electron chi connectivity index (χ0n) is 23.3. The van der Waals surface area contributed by atoms with Crippen LogP contribution in [0.3, 0.4) is 0 Å². The van der Waals surface area contributed by atoms with Crippen LogP contribution in [0.25, 0.3) is 0 Å². The van der Waals surface area contributed by atoms with E-state index in [1.54, 1.807) is 14.2 Å². The van der Waals surface area contributed by atoms with Crippen LogP contribution in [0.1, 0.15) is 60.3 Å².